The Balaban J connectivity index is 0.980. The first-order chi connectivity index (χ1) is 39.6. The molecule has 13 atom stereocenters. The van der Waals surface area contributed by atoms with Crippen molar-refractivity contribution in [2.45, 2.75) is 158 Å². The molecule has 9 aliphatic rings. The predicted molar refractivity (Wildman–Crippen MR) is 307 cm³/mol. The standard InChI is InChI=1S/C66H78N4O12/c1-4-48(65(78)20-17-35(28-65)40-7-6-8-50-41(40)15-16-49-36(30-71)18-21-66(49,50)79)63(77)81-53-27-46-59(76)57-52(75)26-39(31-72)80-61(57)58-55-44-19-22-69-62(67)56(44)43(14-10-33-9-12-38(74)25-45(33)47(55)32-73)42-13-11-34-24-54(68-5-2)70-29-37(34)23-51(42)64(53,3)82-60(46)58/h4,6-9,12,19,24-26,29,35-36,42-43,47,49,51,53-55,68-74,76,78-79H,5,10-11,13-18,20-23,27-28,30-32,67H2,1-3H3. The molecule has 434 valence electrons. The van der Waals surface area contributed by atoms with E-state index in [1.807, 2.05) is 25.1 Å². The molecule has 0 amide bonds. The number of carbonyl (C=O) groups excluding carboxylic acids is 1. The molecule has 4 aromatic rings. The van der Waals surface area contributed by atoms with Crippen LogP contribution in [0.15, 0.2) is 110 Å². The molecule has 3 fully saturated rings. The molecule has 0 radical (unpaired) electrons. The van der Waals surface area contributed by atoms with Gasteiger partial charge in [-0.25, -0.2) is 4.79 Å². The number of phenols is 2. The smallest absolute Gasteiger partial charge is 0.337 e. The number of rotatable bonds is 9. The van der Waals surface area contributed by atoms with Crippen molar-refractivity contribution in [2.75, 3.05) is 26.3 Å². The van der Waals surface area contributed by atoms with Crippen LogP contribution in [-0.2, 0) is 41.0 Å². The van der Waals surface area contributed by atoms with Crippen LogP contribution in [0.5, 0.6) is 17.2 Å². The van der Waals surface area contributed by atoms with E-state index in [0.29, 0.717) is 68.4 Å². The normalized spacial score (nSPS) is 33.6. The number of ether oxygens (including phenoxy) is 2. The van der Waals surface area contributed by atoms with Gasteiger partial charge in [0.05, 0.1) is 29.5 Å². The molecule has 1 aromatic heterocycles. The van der Waals surface area contributed by atoms with Crippen LogP contribution in [0.1, 0.15) is 147 Å². The van der Waals surface area contributed by atoms with Crippen LogP contribution in [0.2, 0.25) is 0 Å². The molecule has 12 N–H and O–H groups in total. The zero-order valence-corrected chi connectivity index (χ0v) is 47.1. The van der Waals surface area contributed by atoms with E-state index < -0.39 is 71.0 Å². The number of fused-ring (bicyclic) bond motifs is 12. The van der Waals surface area contributed by atoms with Gasteiger partial charge in [-0.1, -0.05) is 43.3 Å². The van der Waals surface area contributed by atoms with E-state index in [2.05, 4.69) is 47.3 Å². The molecule has 82 heavy (non-hydrogen) atoms. The van der Waals surface area contributed by atoms with Crippen molar-refractivity contribution in [3.8, 4) is 17.2 Å². The number of likely N-dealkylation sites (N-methyl/N-ethyl adjacent to an activating group) is 1. The molecule has 3 saturated carbocycles. The molecule has 5 aliphatic carbocycles. The third-order valence-corrected chi connectivity index (χ3v) is 21.4. The number of esters is 1. The number of aromatic hydroxyl groups is 2. The SMILES string of the molecule is CC=C(C(=O)OC1Cc2c3c(c4oc(CO)cc(=O)c4c2O)C2C4=CCNC(N)=C4C(CCc4ccc(O)cc4C2CO)C2CCC4=CC(NCC)NC=C4CC2C1(C)O3)C1(O)CCC(c2cccc3c2CCC2C(CO)CCC32O)C1. The fourth-order valence-corrected chi connectivity index (χ4v) is 17.5. The monoisotopic (exact) mass is 1120 g/mol. The number of benzene rings is 3. The number of allylic oxidation sites excluding steroid dienone is 5. The second kappa shape index (κ2) is 20.7. The molecule has 4 aliphatic heterocycles. The highest BCUT2D eigenvalue weighted by Gasteiger charge is 2.59. The second-order valence-corrected chi connectivity index (χ2v) is 25.2. The lowest BCUT2D eigenvalue weighted by Crippen LogP contribution is -2.59. The van der Waals surface area contributed by atoms with Crippen LogP contribution in [0.3, 0.4) is 0 Å². The maximum Gasteiger partial charge on any atom is 0.337 e. The molecule has 4 bridgehead atoms. The Labute approximate surface area is 477 Å². The van der Waals surface area contributed by atoms with E-state index in [1.165, 1.54) is 5.57 Å². The van der Waals surface area contributed by atoms with Crippen molar-refractivity contribution < 1.29 is 54.4 Å². The second-order valence-electron chi connectivity index (χ2n) is 25.2. The fourth-order valence-electron chi connectivity index (χ4n) is 17.5. The lowest BCUT2D eigenvalue weighted by molar-refractivity contribution is -0.171. The fraction of sp³-hybridized carbons (Fsp3) is 0.515. The summed E-state index contributed by atoms with van der Waals surface area (Å²) in [5, 5.41) is 92.6. The Morgan fingerprint density at radius 1 is 0.939 bits per heavy atom. The third-order valence-electron chi connectivity index (χ3n) is 21.4. The van der Waals surface area contributed by atoms with Gasteiger partial charge in [0, 0.05) is 60.7 Å². The molecule has 3 aromatic carbocycles. The number of aliphatic hydroxyl groups is 5. The number of phenolic OH excluding ortho intramolecular Hbond substituents is 2. The Morgan fingerprint density at radius 2 is 1.78 bits per heavy atom. The van der Waals surface area contributed by atoms with Crippen molar-refractivity contribution in [1.82, 2.24) is 16.0 Å². The maximum absolute atomic E-state index is 15.6. The zero-order chi connectivity index (χ0) is 57.1. The van der Waals surface area contributed by atoms with Gasteiger partial charge in [-0.15, -0.1) is 0 Å². The summed E-state index contributed by atoms with van der Waals surface area (Å²) < 4.78 is 21.4. The van der Waals surface area contributed by atoms with Gasteiger partial charge in [0.15, 0.2) is 5.43 Å². The van der Waals surface area contributed by atoms with Crippen LogP contribution in [0.4, 0.5) is 0 Å². The van der Waals surface area contributed by atoms with Crippen molar-refractivity contribution in [1.29, 1.82) is 0 Å². The first-order valence-corrected chi connectivity index (χ1v) is 30.0. The van der Waals surface area contributed by atoms with Gasteiger partial charge in [-0.2, -0.15) is 0 Å². The number of hydrogen-bond donors (Lipinski definition) is 11. The quantitative estimate of drug-likeness (QED) is 0.0595. The predicted octanol–water partition coefficient (Wildman–Crippen LogP) is 7.00. The van der Waals surface area contributed by atoms with Gasteiger partial charge >= 0.3 is 5.97 Å². The maximum atomic E-state index is 15.6. The first kappa shape index (κ1) is 54.8. The average Bonchev–Trinajstić information content (AvgIpc) is 1.30. The van der Waals surface area contributed by atoms with E-state index in [0.717, 1.165) is 70.8 Å². The van der Waals surface area contributed by atoms with Crippen LogP contribution in [0, 0.1) is 29.6 Å². The van der Waals surface area contributed by atoms with Gasteiger partial charge in [0.2, 0.25) is 0 Å². The molecular weight excluding hydrogens is 1040 g/mol. The minimum absolute atomic E-state index is 0.0137. The molecule has 13 unspecified atom stereocenters. The van der Waals surface area contributed by atoms with Crippen LogP contribution in [0.25, 0.3) is 11.0 Å². The van der Waals surface area contributed by atoms with E-state index >= 15 is 4.79 Å². The average molecular weight is 1120 g/mol. The van der Waals surface area contributed by atoms with Crippen LogP contribution < -0.4 is 31.8 Å². The van der Waals surface area contributed by atoms with Gasteiger partial charge in [0.1, 0.15) is 58.1 Å². The molecule has 13 rings (SSSR count). The molecule has 0 spiro atoms. The largest absolute Gasteiger partial charge is 0.508 e. The highest BCUT2D eigenvalue weighted by molar-refractivity contribution is 5.93. The molecule has 0 saturated heterocycles. The number of hydrogen-bond acceptors (Lipinski definition) is 16. The minimum Gasteiger partial charge on any atom is -0.508 e. The highest BCUT2D eigenvalue weighted by atomic mass is 16.6. The Morgan fingerprint density at radius 3 is 2.56 bits per heavy atom. The minimum atomic E-state index is -1.59. The number of aliphatic hydroxyl groups excluding tert-OH is 3. The van der Waals surface area contributed by atoms with E-state index in [4.69, 9.17) is 19.6 Å². The summed E-state index contributed by atoms with van der Waals surface area (Å²) in [6.45, 7) is 5.88. The van der Waals surface area contributed by atoms with Crippen molar-refractivity contribution in [3.63, 3.8) is 0 Å². The van der Waals surface area contributed by atoms with Crippen LogP contribution >= 0.6 is 0 Å². The summed E-state index contributed by atoms with van der Waals surface area (Å²) in [7, 11) is 0. The lowest BCUT2D eigenvalue weighted by Gasteiger charge is -2.52. The van der Waals surface area contributed by atoms with Crippen molar-refractivity contribution in [3.05, 3.63) is 156 Å². The summed E-state index contributed by atoms with van der Waals surface area (Å²) in [6.07, 6.45) is 13.7. The summed E-state index contributed by atoms with van der Waals surface area (Å²) in [5.74, 6) is -3.21. The van der Waals surface area contributed by atoms with Crippen molar-refractivity contribution >= 4 is 16.9 Å². The number of nitrogens with one attached hydrogen (secondary N) is 3. The number of aryl methyl sites for hydroxylation is 1. The zero-order valence-electron chi connectivity index (χ0n) is 47.1. The van der Waals surface area contributed by atoms with E-state index in [1.54, 1.807) is 25.1 Å². The Hall–Kier alpha value is -6.40. The van der Waals surface area contributed by atoms with Gasteiger partial charge in [0.25, 0.3) is 0 Å². The van der Waals surface area contributed by atoms with Gasteiger partial charge in [-0.05, 0) is 195 Å². The molecule has 5 heterocycles. The van der Waals surface area contributed by atoms with E-state index in [-0.39, 0.29) is 101 Å². The molecule has 16 heteroatoms. The number of nitrogens with two attached hydrogens (primary N) is 1. The summed E-state index contributed by atoms with van der Waals surface area (Å²) in [6, 6.07) is 12.5. The summed E-state index contributed by atoms with van der Waals surface area (Å²) >= 11 is 0. The van der Waals surface area contributed by atoms with Gasteiger partial charge < -0.3 is 66.0 Å². The first-order valence-electron chi connectivity index (χ1n) is 30.0. The molecular formula is C66H78N4O12. The third kappa shape index (κ3) is 8.50. The topological polar surface area (TPSA) is 269 Å². The number of carbonyl (C=O) groups is 1. The van der Waals surface area contributed by atoms with E-state index in [9.17, 15) is 40.5 Å². The van der Waals surface area contributed by atoms with Crippen LogP contribution in [-0.4, -0.2) is 91.5 Å². The van der Waals surface area contributed by atoms with Crippen molar-refractivity contribution in [2.24, 2.45) is 35.3 Å². The van der Waals surface area contributed by atoms with Gasteiger partial charge in [-0.3, -0.25) is 10.1 Å². The highest BCUT2D eigenvalue weighted by Crippen LogP contribution is 2.62. The lowest BCUT2D eigenvalue weighted by atomic mass is 9.61. The molecule has 16 nitrogen and oxygen atoms in total. The Kier molecular flexibility index (Phi) is 13.9. The Bertz CT molecular complexity index is 3510. The summed E-state index contributed by atoms with van der Waals surface area (Å²) in [5.41, 5.74) is 11.9. The number of dihydropyridines is 2. The summed E-state index contributed by atoms with van der Waals surface area (Å²) in [4.78, 5) is 30.2.